The predicted octanol–water partition coefficient (Wildman–Crippen LogP) is 2.01. The zero-order valence-electron chi connectivity index (χ0n) is 12.2. The van der Waals surface area contributed by atoms with Gasteiger partial charge in [-0.2, -0.15) is 0 Å². The molecule has 112 valence electrons. The number of carbonyl (C=O) groups is 2. The molecule has 0 bridgehead atoms. The highest BCUT2D eigenvalue weighted by molar-refractivity contribution is 5.97. The van der Waals surface area contributed by atoms with Gasteiger partial charge in [-0.15, -0.1) is 0 Å². The summed E-state index contributed by atoms with van der Waals surface area (Å²) in [6, 6.07) is 4.92. The Hall–Kier alpha value is -1.91. The fourth-order valence-electron chi connectivity index (χ4n) is 3.05. The standard InChI is InChI=1S/C16H19FN2O2/c1-9(12-5-3-4-6-13(12)17)19-10(2)15(20)18-14(16(19)21)11-7-8-11/h3-6,9-11,14H,7-8H2,1-2H3,(H,18,20). The molecule has 3 atom stereocenters. The first-order valence-electron chi connectivity index (χ1n) is 7.37. The van der Waals surface area contributed by atoms with Gasteiger partial charge in [0.15, 0.2) is 0 Å². The van der Waals surface area contributed by atoms with E-state index in [9.17, 15) is 14.0 Å². The van der Waals surface area contributed by atoms with E-state index in [-0.39, 0.29) is 23.5 Å². The number of halogens is 1. The molecule has 5 heteroatoms. The highest BCUT2D eigenvalue weighted by Crippen LogP contribution is 2.37. The number of hydrogen-bond acceptors (Lipinski definition) is 2. The first-order valence-corrected chi connectivity index (χ1v) is 7.37. The van der Waals surface area contributed by atoms with Gasteiger partial charge >= 0.3 is 0 Å². The van der Waals surface area contributed by atoms with Crippen molar-refractivity contribution in [2.75, 3.05) is 0 Å². The normalized spacial score (nSPS) is 27.5. The van der Waals surface area contributed by atoms with Crippen molar-refractivity contribution in [3.8, 4) is 0 Å². The number of amides is 2. The molecule has 3 rings (SSSR count). The van der Waals surface area contributed by atoms with Gasteiger partial charge in [-0.05, 0) is 38.7 Å². The maximum atomic E-state index is 14.0. The zero-order valence-corrected chi connectivity index (χ0v) is 12.2. The number of hydrogen-bond donors (Lipinski definition) is 1. The topological polar surface area (TPSA) is 49.4 Å². The average Bonchev–Trinajstić information content (AvgIpc) is 3.28. The van der Waals surface area contributed by atoms with Crippen LogP contribution in [0.1, 0.15) is 38.3 Å². The Morgan fingerprint density at radius 3 is 2.57 bits per heavy atom. The van der Waals surface area contributed by atoms with E-state index in [4.69, 9.17) is 0 Å². The van der Waals surface area contributed by atoms with Crippen molar-refractivity contribution in [2.45, 2.75) is 44.8 Å². The van der Waals surface area contributed by atoms with Crippen LogP contribution >= 0.6 is 0 Å². The van der Waals surface area contributed by atoms with Crippen LogP contribution in [0.25, 0.3) is 0 Å². The quantitative estimate of drug-likeness (QED) is 0.926. The number of piperazine rings is 1. The van der Waals surface area contributed by atoms with Crippen LogP contribution in [0.5, 0.6) is 0 Å². The maximum absolute atomic E-state index is 14.0. The van der Waals surface area contributed by atoms with Gasteiger partial charge in [-0.1, -0.05) is 18.2 Å². The summed E-state index contributed by atoms with van der Waals surface area (Å²) < 4.78 is 14.0. The van der Waals surface area contributed by atoms with Crippen molar-refractivity contribution in [3.63, 3.8) is 0 Å². The third kappa shape index (κ3) is 2.41. The molecule has 2 amide bonds. The lowest BCUT2D eigenvalue weighted by atomic mass is 9.98. The third-order valence-electron chi connectivity index (χ3n) is 4.48. The first-order chi connectivity index (χ1) is 10.0. The number of nitrogens with zero attached hydrogens (tertiary/aromatic N) is 1. The average molecular weight is 290 g/mol. The minimum absolute atomic E-state index is 0.0969. The molecule has 0 radical (unpaired) electrons. The van der Waals surface area contributed by atoms with E-state index in [0.717, 1.165) is 12.8 Å². The summed E-state index contributed by atoms with van der Waals surface area (Å²) in [5.74, 6) is -0.363. The van der Waals surface area contributed by atoms with Crippen LogP contribution in [0.15, 0.2) is 24.3 Å². The van der Waals surface area contributed by atoms with Crippen LogP contribution in [0.4, 0.5) is 4.39 Å². The zero-order chi connectivity index (χ0) is 15.1. The van der Waals surface area contributed by atoms with Crippen LogP contribution in [0, 0.1) is 11.7 Å². The van der Waals surface area contributed by atoms with Gasteiger partial charge in [0.05, 0.1) is 6.04 Å². The summed E-state index contributed by atoms with van der Waals surface area (Å²) in [7, 11) is 0. The number of carbonyl (C=O) groups excluding carboxylic acids is 2. The Labute approximate surface area is 123 Å². The highest BCUT2D eigenvalue weighted by atomic mass is 19.1. The van der Waals surface area contributed by atoms with Crippen molar-refractivity contribution in [1.29, 1.82) is 0 Å². The van der Waals surface area contributed by atoms with Crippen molar-refractivity contribution in [2.24, 2.45) is 5.92 Å². The lowest BCUT2D eigenvalue weighted by Gasteiger charge is -2.41. The second kappa shape index (κ2) is 5.13. The van der Waals surface area contributed by atoms with E-state index in [2.05, 4.69) is 5.32 Å². The number of rotatable bonds is 3. The van der Waals surface area contributed by atoms with Crippen LogP contribution < -0.4 is 5.32 Å². The highest BCUT2D eigenvalue weighted by Gasteiger charge is 2.47. The molecule has 0 aromatic heterocycles. The van der Waals surface area contributed by atoms with Crippen molar-refractivity contribution in [3.05, 3.63) is 35.6 Å². The minimum atomic E-state index is -0.581. The molecule has 1 aliphatic carbocycles. The molecule has 1 saturated carbocycles. The summed E-state index contributed by atoms with van der Waals surface area (Å²) in [4.78, 5) is 26.3. The summed E-state index contributed by atoms with van der Waals surface area (Å²) in [6.45, 7) is 3.46. The predicted molar refractivity (Wildman–Crippen MR) is 75.8 cm³/mol. The Morgan fingerprint density at radius 2 is 1.95 bits per heavy atom. The van der Waals surface area contributed by atoms with E-state index in [1.807, 2.05) is 0 Å². The molecule has 1 aromatic rings. The molecule has 21 heavy (non-hydrogen) atoms. The SMILES string of the molecule is CC1C(=O)NC(C2CC2)C(=O)N1C(C)c1ccccc1F. The first kappa shape index (κ1) is 14.0. The maximum Gasteiger partial charge on any atom is 0.246 e. The number of nitrogens with one attached hydrogen (secondary N) is 1. The molecule has 2 fully saturated rings. The van der Waals surface area contributed by atoms with Crippen molar-refractivity contribution < 1.29 is 14.0 Å². The lowest BCUT2D eigenvalue weighted by Crippen LogP contribution is -2.63. The minimum Gasteiger partial charge on any atom is -0.342 e. The molecule has 1 aromatic carbocycles. The van der Waals surface area contributed by atoms with E-state index >= 15 is 0 Å². The molecule has 1 N–H and O–H groups in total. The number of benzene rings is 1. The van der Waals surface area contributed by atoms with Gasteiger partial charge in [-0.3, -0.25) is 9.59 Å². The Bertz CT molecular complexity index is 585. The van der Waals surface area contributed by atoms with E-state index < -0.39 is 18.1 Å². The van der Waals surface area contributed by atoms with Gasteiger partial charge in [0.1, 0.15) is 17.9 Å². The van der Waals surface area contributed by atoms with E-state index in [1.165, 1.54) is 11.0 Å². The van der Waals surface area contributed by atoms with Gasteiger partial charge in [-0.25, -0.2) is 4.39 Å². The fourth-order valence-corrected chi connectivity index (χ4v) is 3.05. The van der Waals surface area contributed by atoms with Gasteiger partial charge < -0.3 is 10.2 Å². The Kier molecular flexibility index (Phi) is 3.43. The summed E-state index contributed by atoms with van der Waals surface area (Å²) in [6.07, 6.45) is 1.93. The molecule has 0 spiro atoms. The Balaban J connectivity index is 1.92. The lowest BCUT2D eigenvalue weighted by molar-refractivity contribution is -0.151. The smallest absolute Gasteiger partial charge is 0.246 e. The molecule has 3 unspecified atom stereocenters. The summed E-state index contributed by atoms with van der Waals surface area (Å²) in [5.41, 5.74) is 0.446. The Morgan fingerprint density at radius 1 is 1.29 bits per heavy atom. The van der Waals surface area contributed by atoms with Crippen LogP contribution in [-0.4, -0.2) is 28.8 Å². The van der Waals surface area contributed by atoms with Gasteiger partial charge in [0.25, 0.3) is 0 Å². The third-order valence-corrected chi connectivity index (χ3v) is 4.48. The van der Waals surface area contributed by atoms with Gasteiger partial charge in [0.2, 0.25) is 11.8 Å². The molecular weight excluding hydrogens is 271 g/mol. The molecular formula is C16H19FN2O2. The molecule has 4 nitrogen and oxygen atoms in total. The van der Waals surface area contributed by atoms with Crippen LogP contribution in [0.2, 0.25) is 0 Å². The van der Waals surface area contributed by atoms with Crippen LogP contribution in [-0.2, 0) is 9.59 Å². The fraction of sp³-hybridized carbons (Fsp3) is 0.500. The van der Waals surface area contributed by atoms with E-state index in [1.54, 1.807) is 32.0 Å². The van der Waals surface area contributed by atoms with Crippen molar-refractivity contribution >= 4 is 11.8 Å². The molecule has 1 aliphatic heterocycles. The van der Waals surface area contributed by atoms with Crippen molar-refractivity contribution in [1.82, 2.24) is 10.2 Å². The largest absolute Gasteiger partial charge is 0.342 e. The monoisotopic (exact) mass is 290 g/mol. The summed E-state index contributed by atoms with van der Waals surface area (Å²) >= 11 is 0. The molecule has 1 saturated heterocycles. The van der Waals surface area contributed by atoms with Gasteiger partial charge in [0, 0.05) is 5.56 Å². The molecule has 1 heterocycles. The van der Waals surface area contributed by atoms with Crippen LogP contribution in [0.3, 0.4) is 0 Å². The second-order valence-electron chi connectivity index (χ2n) is 5.94. The molecule has 2 aliphatic rings. The summed E-state index contributed by atoms with van der Waals surface area (Å²) in [5, 5.41) is 2.80. The second-order valence-corrected chi connectivity index (χ2v) is 5.94. The van der Waals surface area contributed by atoms with E-state index in [0.29, 0.717) is 5.56 Å².